The number of fused-ring (bicyclic) bond motifs is 1. The molecule has 0 radical (unpaired) electrons. The number of benzene rings is 1. The van der Waals surface area contributed by atoms with Gasteiger partial charge in [-0.15, -0.1) is 0 Å². The summed E-state index contributed by atoms with van der Waals surface area (Å²) in [5, 5.41) is 13.9. The Hall–Kier alpha value is -1.63. The minimum Gasteiger partial charge on any atom is -0.390 e. The molecule has 2 aliphatic carbocycles. The van der Waals surface area contributed by atoms with E-state index in [-0.39, 0.29) is 22.1 Å². The highest BCUT2D eigenvalue weighted by Crippen LogP contribution is 2.55. The summed E-state index contributed by atoms with van der Waals surface area (Å²) in [5.74, 6) is 0.122. The number of hydrogen-bond acceptors (Lipinski definition) is 3. The number of imidazole rings is 1. The number of anilines is 1. The summed E-state index contributed by atoms with van der Waals surface area (Å²) in [5.41, 5.74) is 0.977. The first-order valence-corrected chi connectivity index (χ1v) is 11.7. The second kappa shape index (κ2) is 8.72. The zero-order chi connectivity index (χ0) is 22.3. The molecule has 4 rings (SSSR count). The fourth-order valence-electron chi connectivity index (χ4n) is 5.51. The monoisotopic (exact) mass is 467 g/mol. The van der Waals surface area contributed by atoms with E-state index in [4.69, 9.17) is 23.2 Å². The molecule has 2 atom stereocenters. The highest BCUT2D eigenvalue weighted by molar-refractivity contribution is 6.31. The van der Waals surface area contributed by atoms with Gasteiger partial charge in [-0.05, 0) is 73.7 Å². The van der Waals surface area contributed by atoms with Crippen molar-refractivity contribution in [2.45, 2.75) is 63.4 Å². The average Bonchev–Trinajstić information content (AvgIpc) is 3.33. The predicted molar refractivity (Wildman–Crippen MR) is 120 cm³/mol. The second-order valence-electron chi connectivity index (χ2n) is 9.18. The molecule has 2 unspecified atom stereocenters. The number of carbonyl (C=O) groups is 1. The predicted octanol–water partition coefficient (Wildman–Crippen LogP) is 5.94. The number of nitrogens with zero attached hydrogens (tertiary/aromatic N) is 2. The summed E-state index contributed by atoms with van der Waals surface area (Å²) in [6.07, 6.45) is 6.45. The van der Waals surface area contributed by atoms with Gasteiger partial charge in [0.15, 0.2) is 0 Å². The lowest BCUT2D eigenvalue weighted by molar-refractivity contribution is 0.0273. The highest BCUT2D eigenvalue weighted by atomic mass is 35.5. The standard InChI is InChI=1S/C23H28Cl2FN3O2/c1-3-4-7-23(31)11-14-8-13(9-15(14)12-23)19-20(29(2)22(25)28-19)21(30)27-16-5-6-18(26)17(24)10-16/h5-6,10,13-15,31H,3-4,7-9,11-12H2,1-2H3,(H,27,30). The molecule has 0 saturated heterocycles. The smallest absolute Gasteiger partial charge is 0.274 e. The second-order valence-corrected chi connectivity index (χ2v) is 9.93. The molecule has 31 heavy (non-hydrogen) atoms. The number of halogens is 3. The molecular weight excluding hydrogens is 440 g/mol. The van der Waals surface area contributed by atoms with Crippen LogP contribution in [0.4, 0.5) is 10.1 Å². The van der Waals surface area contributed by atoms with Crippen LogP contribution in [-0.4, -0.2) is 26.2 Å². The van der Waals surface area contributed by atoms with Crippen molar-refractivity contribution >= 4 is 34.8 Å². The van der Waals surface area contributed by atoms with E-state index in [0.29, 0.717) is 28.9 Å². The maximum absolute atomic E-state index is 13.4. The van der Waals surface area contributed by atoms with Crippen molar-refractivity contribution in [1.29, 1.82) is 0 Å². The third-order valence-corrected chi connectivity index (χ3v) is 7.60. The minimum absolute atomic E-state index is 0.0553. The van der Waals surface area contributed by atoms with Gasteiger partial charge in [-0.3, -0.25) is 4.79 Å². The van der Waals surface area contributed by atoms with Crippen molar-refractivity contribution in [3.8, 4) is 0 Å². The van der Waals surface area contributed by atoms with Crippen molar-refractivity contribution in [2.75, 3.05) is 5.32 Å². The molecule has 2 N–H and O–H groups in total. The lowest BCUT2D eigenvalue weighted by atomic mass is 9.89. The summed E-state index contributed by atoms with van der Waals surface area (Å²) in [6.45, 7) is 2.15. The van der Waals surface area contributed by atoms with Gasteiger partial charge in [0.2, 0.25) is 5.28 Å². The molecule has 0 bridgehead atoms. The molecule has 2 aromatic rings. The molecule has 5 nitrogen and oxygen atoms in total. The van der Waals surface area contributed by atoms with Crippen LogP contribution in [0.15, 0.2) is 18.2 Å². The average molecular weight is 468 g/mol. The number of aromatic nitrogens is 2. The van der Waals surface area contributed by atoms with Crippen LogP contribution in [0.1, 0.15) is 74.0 Å². The number of nitrogens with one attached hydrogen (secondary N) is 1. The third kappa shape index (κ3) is 4.48. The molecule has 2 aliphatic rings. The molecule has 2 saturated carbocycles. The highest BCUT2D eigenvalue weighted by Gasteiger charge is 2.49. The Bertz CT molecular complexity index is 979. The van der Waals surface area contributed by atoms with E-state index in [1.54, 1.807) is 11.6 Å². The first-order valence-electron chi connectivity index (χ1n) is 10.9. The van der Waals surface area contributed by atoms with Gasteiger partial charge in [0, 0.05) is 18.7 Å². The quantitative estimate of drug-likeness (QED) is 0.551. The largest absolute Gasteiger partial charge is 0.390 e. The minimum atomic E-state index is -0.542. The van der Waals surface area contributed by atoms with Gasteiger partial charge in [0.1, 0.15) is 11.5 Å². The Morgan fingerprint density at radius 1 is 1.32 bits per heavy atom. The van der Waals surface area contributed by atoms with Gasteiger partial charge in [-0.1, -0.05) is 31.4 Å². The number of amides is 1. The van der Waals surface area contributed by atoms with Gasteiger partial charge in [-0.25, -0.2) is 9.37 Å². The number of rotatable bonds is 6. The van der Waals surface area contributed by atoms with E-state index < -0.39 is 11.4 Å². The molecule has 1 aromatic carbocycles. The Balaban J connectivity index is 1.52. The van der Waals surface area contributed by atoms with Crippen molar-refractivity contribution in [2.24, 2.45) is 18.9 Å². The maximum Gasteiger partial charge on any atom is 0.274 e. The molecule has 1 heterocycles. The molecule has 168 valence electrons. The Morgan fingerprint density at radius 3 is 2.61 bits per heavy atom. The van der Waals surface area contributed by atoms with Crippen LogP contribution in [-0.2, 0) is 7.05 Å². The molecular formula is C23H28Cl2FN3O2. The third-order valence-electron chi connectivity index (χ3n) is 6.97. The summed E-state index contributed by atoms with van der Waals surface area (Å²) in [6, 6.07) is 4.06. The number of aliphatic hydroxyl groups is 1. The molecule has 1 amide bonds. The number of carbonyl (C=O) groups excluding carboxylic acids is 1. The van der Waals surface area contributed by atoms with Crippen LogP contribution < -0.4 is 5.32 Å². The van der Waals surface area contributed by atoms with E-state index in [0.717, 1.165) is 44.9 Å². The molecule has 1 aromatic heterocycles. The fraction of sp³-hybridized carbons (Fsp3) is 0.565. The summed E-state index contributed by atoms with van der Waals surface area (Å²) >= 11 is 12.1. The molecule has 2 fully saturated rings. The zero-order valence-electron chi connectivity index (χ0n) is 17.8. The lowest BCUT2D eigenvalue weighted by Crippen LogP contribution is -2.25. The van der Waals surface area contributed by atoms with Crippen molar-refractivity contribution < 1.29 is 14.3 Å². The molecule has 0 spiro atoms. The first-order chi connectivity index (χ1) is 14.7. The van der Waals surface area contributed by atoms with Gasteiger partial charge < -0.3 is 15.0 Å². The normalized spacial score (nSPS) is 27.5. The topological polar surface area (TPSA) is 67.2 Å². The van der Waals surface area contributed by atoms with Crippen LogP contribution in [0.5, 0.6) is 0 Å². The van der Waals surface area contributed by atoms with Gasteiger partial charge >= 0.3 is 0 Å². The Labute approximate surface area is 192 Å². The van der Waals surface area contributed by atoms with Crippen LogP contribution in [0.25, 0.3) is 0 Å². The summed E-state index contributed by atoms with van der Waals surface area (Å²) in [4.78, 5) is 17.6. The molecule has 0 aliphatic heterocycles. The SMILES string of the molecule is CCCCC1(O)CC2CC(c3nc(Cl)n(C)c3C(=O)Nc3ccc(F)c(Cl)c3)CC2C1. The Kier molecular flexibility index (Phi) is 6.35. The summed E-state index contributed by atoms with van der Waals surface area (Å²) in [7, 11) is 1.71. The van der Waals surface area contributed by atoms with Crippen molar-refractivity contribution in [3.05, 3.63) is 45.7 Å². The van der Waals surface area contributed by atoms with Crippen LogP contribution in [0, 0.1) is 17.7 Å². The van der Waals surface area contributed by atoms with E-state index >= 15 is 0 Å². The molecule has 8 heteroatoms. The van der Waals surface area contributed by atoms with Gasteiger partial charge in [0.25, 0.3) is 5.91 Å². The van der Waals surface area contributed by atoms with Crippen molar-refractivity contribution in [3.63, 3.8) is 0 Å². The summed E-state index contributed by atoms with van der Waals surface area (Å²) < 4.78 is 15.0. The maximum atomic E-state index is 13.4. The van der Waals surface area contributed by atoms with Gasteiger partial charge in [-0.2, -0.15) is 0 Å². The van der Waals surface area contributed by atoms with Gasteiger partial charge in [0.05, 0.1) is 16.3 Å². The van der Waals surface area contributed by atoms with E-state index in [1.165, 1.54) is 18.2 Å². The number of hydrogen-bond donors (Lipinski definition) is 2. The van der Waals surface area contributed by atoms with Crippen molar-refractivity contribution in [1.82, 2.24) is 9.55 Å². The van der Waals surface area contributed by atoms with E-state index in [2.05, 4.69) is 17.2 Å². The van der Waals surface area contributed by atoms with Crippen LogP contribution in [0.2, 0.25) is 10.3 Å². The van der Waals surface area contributed by atoms with E-state index in [1.807, 2.05) is 0 Å². The van der Waals surface area contributed by atoms with Crippen LogP contribution >= 0.6 is 23.2 Å². The fourth-order valence-corrected chi connectivity index (χ4v) is 5.87. The van der Waals surface area contributed by atoms with Crippen LogP contribution in [0.3, 0.4) is 0 Å². The first kappa shape index (κ1) is 22.6. The number of unbranched alkanes of at least 4 members (excludes halogenated alkanes) is 1. The zero-order valence-corrected chi connectivity index (χ0v) is 19.3. The van der Waals surface area contributed by atoms with E-state index in [9.17, 15) is 14.3 Å². The lowest BCUT2D eigenvalue weighted by Gasteiger charge is -2.24. The Morgan fingerprint density at radius 2 is 2.00 bits per heavy atom.